The van der Waals surface area contributed by atoms with Crippen LogP contribution in [0, 0.1) is 6.92 Å². The standard InChI is InChI=1S/C23H24N2O3/c1-15-17-13-16(27-2)7-8-19(17)24-21(15)22(26)25-11-9-23(10-12-25)14-28-20-6-4-3-5-18(20)23/h3-8,13,24H,9-12,14H2,1-2H3. The zero-order chi connectivity index (χ0) is 19.3. The molecule has 1 saturated heterocycles. The highest BCUT2D eigenvalue weighted by Crippen LogP contribution is 2.45. The van der Waals surface area contributed by atoms with Crippen molar-refractivity contribution < 1.29 is 14.3 Å². The molecule has 144 valence electrons. The first kappa shape index (κ1) is 17.2. The van der Waals surface area contributed by atoms with Crippen molar-refractivity contribution in [1.29, 1.82) is 0 Å². The van der Waals surface area contributed by atoms with Crippen molar-refractivity contribution in [2.75, 3.05) is 26.8 Å². The quantitative estimate of drug-likeness (QED) is 0.734. The van der Waals surface area contributed by atoms with Gasteiger partial charge in [0.05, 0.1) is 13.7 Å². The smallest absolute Gasteiger partial charge is 0.270 e. The molecule has 5 rings (SSSR count). The van der Waals surface area contributed by atoms with Crippen LogP contribution in [0.25, 0.3) is 10.9 Å². The van der Waals surface area contributed by atoms with Gasteiger partial charge in [0, 0.05) is 35.0 Å². The summed E-state index contributed by atoms with van der Waals surface area (Å²) in [6, 6.07) is 14.2. The number of nitrogens with one attached hydrogen (secondary N) is 1. The highest BCUT2D eigenvalue weighted by Gasteiger charge is 2.43. The number of carbonyl (C=O) groups is 1. The van der Waals surface area contributed by atoms with E-state index < -0.39 is 0 Å². The Morgan fingerprint density at radius 1 is 1.18 bits per heavy atom. The number of hydrogen-bond donors (Lipinski definition) is 1. The summed E-state index contributed by atoms with van der Waals surface area (Å²) in [5.41, 5.74) is 3.98. The van der Waals surface area contributed by atoms with Gasteiger partial charge in [0.15, 0.2) is 0 Å². The van der Waals surface area contributed by atoms with Crippen LogP contribution >= 0.6 is 0 Å². The predicted molar refractivity (Wildman–Crippen MR) is 108 cm³/mol. The van der Waals surface area contributed by atoms with E-state index in [0.717, 1.165) is 60.5 Å². The number of H-pyrrole nitrogens is 1. The van der Waals surface area contributed by atoms with E-state index in [4.69, 9.17) is 9.47 Å². The number of ether oxygens (including phenoxy) is 2. The molecule has 2 aromatic carbocycles. The predicted octanol–water partition coefficient (Wildman–Crippen LogP) is 4.05. The average molecular weight is 376 g/mol. The molecular formula is C23H24N2O3. The third-order valence-electron chi connectivity index (χ3n) is 6.45. The van der Waals surface area contributed by atoms with E-state index >= 15 is 0 Å². The number of nitrogens with zero attached hydrogens (tertiary/aromatic N) is 1. The van der Waals surface area contributed by atoms with E-state index in [1.807, 2.05) is 42.2 Å². The topological polar surface area (TPSA) is 54.6 Å². The molecule has 2 aliphatic heterocycles. The van der Waals surface area contributed by atoms with Gasteiger partial charge >= 0.3 is 0 Å². The molecule has 0 radical (unpaired) electrons. The number of carbonyl (C=O) groups excluding carboxylic acids is 1. The molecule has 5 heteroatoms. The minimum atomic E-state index is 0.0518. The normalized spacial score (nSPS) is 17.6. The maximum atomic E-state index is 13.2. The van der Waals surface area contributed by atoms with Crippen LogP contribution in [0.5, 0.6) is 11.5 Å². The highest BCUT2D eigenvalue weighted by atomic mass is 16.5. The Hall–Kier alpha value is -2.95. The van der Waals surface area contributed by atoms with E-state index in [2.05, 4.69) is 17.1 Å². The average Bonchev–Trinajstić information content (AvgIpc) is 3.26. The summed E-state index contributed by atoms with van der Waals surface area (Å²) >= 11 is 0. The Bertz CT molecular complexity index is 1060. The van der Waals surface area contributed by atoms with Crippen LogP contribution in [-0.2, 0) is 5.41 Å². The third kappa shape index (κ3) is 2.49. The maximum Gasteiger partial charge on any atom is 0.270 e. The summed E-state index contributed by atoms with van der Waals surface area (Å²) in [4.78, 5) is 18.5. The second kappa shape index (κ2) is 6.30. The van der Waals surface area contributed by atoms with Crippen molar-refractivity contribution in [2.45, 2.75) is 25.2 Å². The number of likely N-dealkylation sites (tertiary alicyclic amines) is 1. The van der Waals surface area contributed by atoms with Crippen LogP contribution in [0.1, 0.15) is 34.5 Å². The summed E-state index contributed by atoms with van der Waals surface area (Å²) in [6.07, 6.45) is 1.87. The minimum Gasteiger partial charge on any atom is -0.497 e. The van der Waals surface area contributed by atoms with Crippen LogP contribution in [-0.4, -0.2) is 42.6 Å². The summed E-state index contributed by atoms with van der Waals surface area (Å²) in [5, 5.41) is 1.04. The fraction of sp³-hybridized carbons (Fsp3) is 0.348. The fourth-order valence-electron chi connectivity index (χ4n) is 4.68. The molecule has 0 unspecified atom stereocenters. The van der Waals surface area contributed by atoms with Gasteiger partial charge in [0.2, 0.25) is 0 Å². The Morgan fingerprint density at radius 3 is 2.75 bits per heavy atom. The largest absolute Gasteiger partial charge is 0.497 e. The molecule has 3 heterocycles. The molecule has 2 aliphatic rings. The van der Waals surface area contributed by atoms with Crippen LogP contribution in [0.3, 0.4) is 0 Å². The number of aromatic amines is 1. The monoisotopic (exact) mass is 376 g/mol. The summed E-state index contributed by atoms with van der Waals surface area (Å²) in [6.45, 7) is 4.21. The number of methoxy groups -OCH3 is 1. The van der Waals surface area contributed by atoms with E-state index in [-0.39, 0.29) is 11.3 Å². The van der Waals surface area contributed by atoms with Gasteiger partial charge in [-0.25, -0.2) is 0 Å². The summed E-state index contributed by atoms with van der Waals surface area (Å²) in [7, 11) is 1.66. The second-order valence-corrected chi connectivity index (χ2v) is 7.89. The van der Waals surface area contributed by atoms with Gasteiger partial charge in [-0.1, -0.05) is 18.2 Å². The molecule has 1 spiro atoms. The van der Waals surface area contributed by atoms with Gasteiger partial charge < -0.3 is 19.4 Å². The molecule has 0 atom stereocenters. The summed E-state index contributed by atoms with van der Waals surface area (Å²) < 4.78 is 11.3. The lowest BCUT2D eigenvalue weighted by Gasteiger charge is -2.38. The first-order valence-electron chi connectivity index (χ1n) is 9.79. The molecule has 1 fully saturated rings. The molecule has 1 N–H and O–H groups in total. The Labute approximate surface area is 164 Å². The number of para-hydroxylation sites is 1. The van der Waals surface area contributed by atoms with Gasteiger partial charge in [-0.15, -0.1) is 0 Å². The number of benzene rings is 2. The molecule has 0 saturated carbocycles. The van der Waals surface area contributed by atoms with E-state index in [9.17, 15) is 4.79 Å². The molecular weight excluding hydrogens is 352 g/mol. The van der Waals surface area contributed by atoms with Gasteiger partial charge in [0.25, 0.3) is 5.91 Å². The zero-order valence-corrected chi connectivity index (χ0v) is 16.2. The first-order valence-corrected chi connectivity index (χ1v) is 9.79. The molecule has 0 aliphatic carbocycles. The zero-order valence-electron chi connectivity index (χ0n) is 16.2. The maximum absolute atomic E-state index is 13.2. The van der Waals surface area contributed by atoms with Crippen LogP contribution < -0.4 is 9.47 Å². The number of rotatable bonds is 2. The lowest BCUT2D eigenvalue weighted by Crippen LogP contribution is -2.46. The number of hydrogen-bond acceptors (Lipinski definition) is 3. The van der Waals surface area contributed by atoms with Crippen molar-refractivity contribution in [3.05, 3.63) is 59.3 Å². The van der Waals surface area contributed by atoms with Crippen molar-refractivity contribution in [3.8, 4) is 11.5 Å². The Morgan fingerprint density at radius 2 is 1.96 bits per heavy atom. The Kier molecular flexibility index (Phi) is 3.86. The highest BCUT2D eigenvalue weighted by molar-refractivity contribution is 6.01. The molecule has 0 bridgehead atoms. The number of fused-ring (bicyclic) bond motifs is 3. The number of amides is 1. The van der Waals surface area contributed by atoms with Crippen LogP contribution in [0.4, 0.5) is 0 Å². The van der Waals surface area contributed by atoms with Crippen molar-refractivity contribution in [1.82, 2.24) is 9.88 Å². The number of aryl methyl sites for hydroxylation is 1. The SMILES string of the molecule is COc1ccc2[nH]c(C(=O)N3CCC4(CC3)COc3ccccc34)c(C)c2c1. The van der Waals surface area contributed by atoms with Gasteiger partial charge in [-0.2, -0.15) is 0 Å². The molecule has 5 nitrogen and oxygen atoms in total. The molecule has 1 amide bonds. The van der Waals surface area contributed by atoms with Crippen molar-refractivity contribution in [3.63, 3.8) is 0 Å². The van der Waals surface area contributed by atoms with Crippen LogP contribution in [0.2, 0.25) is 0 Å². The van der Waals surface area contributed by atoms with E-state index in [1.165, 1.54) is 5.56 Å². The lowest BCUT2D eigenvalue weighted by molar-refractivity contribution is 0.0641. The first-order chi connectivity index (χ1) is 13.6. The molecule has 28 heavy (non-hydrogen) atoms. The lowest BCUT2D eigenvalue weighted by atomic mass is 9.74. The van der Waals surface area contributed by atoms with E-state index in [1.54, 1.807) is 7.11 Å². The van der Waals surface area contributed by atoms with Gasteiger partial charge in [-0.05, 0) is 49.6 Å². The van der Waals surface area contributed by atoms with E-state index in [0.29, 0.717) is 5.69 Å². The molecule has 1 aromatic heterocycles. The third-order valence-corrected chi connectivity index (χ3v) is 6.45. The fourth-order valence-corrected chi connectivity index (χ4v) is 4.68. The number of aromatic nitrogens is 1. The number of piperidine rings is 1. The van der Waals surface area contributed by atoms with Gasteiger partial charge in [-0.3, -0.25) is 4.79 Å². The Balaban J connectivity index is 1.38. The minimum absolute atomic E-state index is 0.0518. The van der Waals surface area contributed by atoms with Crippen molar-refractivity contribution >= 4 is 16.8 Å². The summed E-state index contributed by atoms with van der Waals surface area (Å²) in [5.74, 6) is 1.88. The van der Waals surface area contributed by atoms with Crippen LogP contribution in [0.15, 0.2) is 42.5 Å². The van der Waals surface area contributed by atoms with Crippen molar-refractivity contribution in [2.24, 2.45) is 0 Å². The van der Waals surface area contributed by atoms with Gasteiger partial charge in [0.1, 0.15) is 17.2 Å². The molecule has 3 aromatic rings. The second-order valence-electron chi connectivity index (χ2n) is 7.89.